The molecule has 1 aromatic carbocycles. The Balaban J connectivity index is 0.000000383. The van der Waals surface area contributed by atoms with Crippen molar-refractivity contribution in [2.75, 3.05) is 13.1 Å². The fraction of sp³-hybridized carbons (Fsp3) is 0.400. The molecule has 0 unspecified atom stereocenters. The summed E-state index contributed by atoms with van der Waals surface area (Å²) in [7, 11) is 0. The molecule has 2 aromatic rings. The summed E-state index contributed by atoms with van der Waals surface area (Å²) in [5.74, 6) is -4.98. The second-order valence-electron chi connectivity index (χ2n) is 7.27. The van der Waals surface area contributed by atoms with E-state index < -0.39 is 24.3 Å². The van der Waals surface area contributed by atoms with Gasteiger partial charge in [-0.25, -0.2) is 14.6 Å². The molecule has 6 N–H and O–H groups in total. The number of hydrogen-bond acceptors (Lipinski definition) is 7. The summed E-state index contributed by atoms with van der Waals surface area (Å²) in [6.07, 6.45) is -9.53. The van der Waals surface area contributed by atoms with Gasteiger partial charge in [0, 0.05) is 37.8 Å². The number of hydrogen-bond donors (Lipinski definition) is 5. The normalized spacial score (nSPS) is 15.8. The number of rotatable bonds is 4. The number of H-pyrrole nitrogens is 1. The maximum Gasteiger partial charge on any atom is 0.490 e. The van der Waals surface area contributed by atoms with Crippen LogP contribution in [0, 0.1) is 0 Å². The van der Waals surface area contributed by atoms with Gasteiger partial charge < -0.3 is 26.0 Å². The molecule has 36 heavy (non-hydrogen) atoms. The third kappa shape index (κ3) is 10.8. The first-order chi connectivity index (χ1) is 16.5. The Bertz CT molecular complexity index is 1050. The van der Waals surface area contributed by atoms with E-state index in [2.05, 4.69) is 14.9 Å². The molecule has 0 aliphatic carbocycles. The molecular formula is C20H22F6N4O6. The second-order valence-corrected chi connectivity index (χ2v) is 7.27. The van der Waals surface area contributed by atoms with E-state index in [-0.39, 0.29) is 18.2 Å². The molecule has 3 rings (SSSR count). The number of benzene rings is 1. The van der Waals surface area contributed by atoms with Crippen molar-refractivity contribution in [1.82, 2.24) is 14.9 Å². The van der Waals surface area contributed by atoms with Gasteiger partial charge in [-0.3, -0.25) is 9.69 Å². The van der Waals surface area contributed by atoms with E-state index in [1.54, 1.807) is 0 Å². The molecule has 1 atom stereocenters. The quantitative estimate of drug-likeness (QED) is 0.371. The Hall–Kier alpha value is -3.50. The number of β-amino-alcohol motifs (C(OH)–C–C–N with tert-alkyl or cyclic N) is 1. The number of carboxylic acids is 2. The molecule has 0 bridgehead atoms. The Morgan fingerprint density at radius 1 is 1.06 bits per heavy atom. The lowest BCUT2D eigenvalue weighted by Gasteiger charge is -2.15. The zero-order chi connectivity index (χ0) is 27.7. The van der Waals surface area contributed by atoms with E-state index in [9.17, 15) is 36.2 Å². The van der Waals surface area contributed by atoms with Crippen LogP contribution in [-0.2, 0) is 22.7 Å². The number of aliphatic hydroxyl groups is 1. The van der Waals surface area contributed by atoms with Crippen LogP contribution in [0.15, 0.2) is 35.1 Å². The molecular weight excluding hydrogens is 506 g/mol. The van der Waals surface area contributed by atoms with Gasteiger partial charge in [-0.2, -0.15) is 26.3 Å². The summed E-state index contributed by atoms with van der Waals surface area (Å²) in [6, 6.07) is 9.35. The minimum atomic E-state index is -5.08. The highest BCUT2D eigenvalue weighted by Gasteiger charge is 2.38. The molecule has 16 heteroatoms. The summed E-state index contributed by atoms with van der Waals surface area (Å²) < 4.78 is 63.5. The standard InChI is InChI=1S/C16H20N4O2.2C2HF3O2/c17-8-13-7-15(22)19-16(18-13)12-3-1-11(2-4-12)9-20-6-5-14(21)10-20;2*3-2(4,5)1(6)7/h1-4,7,14,21H,5-6,8-10,17H2,(H,18,19,22);2*(H,6,7)/t14-;;/m1../s1. The number of halogens is 6. The van der Waals surface area contributed by atoms with Crippen molar-refractivity contribution >= 4 is 11.9 Å². The maximum atomic E-state index is 11.6. The average Bonchev–Trinajstić information content (AvgIpc) is 3.17. The SMILES string of the molecule is NCc1cc(=O)[nH]c(-c2ccc(CN3CC[C@@H](O)C3)cc2)n1.O=C(O)C(F)(F)F.O=C(O)C(F)(F)F. The second kappa shape index (κ2) is 13.0. The number of carbonyl (C=O) groups is 2. The van der Waals surface area contributed by atoms with Crippen molar-refractivity contribution in [3.63, 3.8) is 0 Å². The van der Waals surface area contributed by atoms with Gasteiger partial charge in [0.15, 0.2) is 0 Å². The molecule has 2 heterocycles. The van der Waals surface area contributed by atoms with E-state index in [4.69, 9.17) is 25.5 Å². The van der Waals surface area contributed by atoms with E-state index in [0.29, 0.717) is 11.5 Å². The number of nitrogens with two attached hydrogens (primary N) is 1. The number of alkyl halides is 6. The van der Waals surface area contributed by atoms with Crippen molar-refractivity contribution in [2.45, 2.75) is 38.0 Å². The summed E-state index contributed by atoms with van der Waals surface area (Å²) in [4.78, 5) is 38.7. The van der Waals surface area contributed by atoms with Crippen LogP contribution in [0.25, 0.3) is 11.4 Å². The molecule has 0 amide bonds. The van der Waals surface area contributed by atoms with Crippen LogP contribution in [-0.4, -0.2) is 73.7 Å². The Morgan fingerprint density at radius 3 is 1.94 bits per heavy atom. The minimum Gasteiger partial charge on any atom is -0.475 e. The maximum absolute atomic E-state index is 11.6. The van der Waals surface area contributed by atoms with Crippen molar-refractivity contribution in [3.8, 4) is 11.4 Å². The molecule has 1 aromatic heterocycles. The van der Waals surface area contributed by atoms with E-state index in [1.807, 2.05) is 24.3 Å². The third-order valence-electron chi connectivity index (χ3n) is 4.37. The van der Waals surface area contributed by atoms with Crippen LogP contribution in [0.3, 0.4) is 0 Å². The number of carboxylic acid groups (broad SMARTS) is 2. The Kier molecular flexibility index (Phi) is 11.0. The average molecular weight is 528 g/mol. The molecule has 1 saturated heterocycles. The van der Waals surface area contributed by atoms with Gasteiger partial charge >= 0.3 is 24.3 Å². The molecule has 0 spiro atoms. The predicted molar refractivity (Wildman–Crippen MR) is 111 cm³/mol. The summed E-state index contributed by atoms with van der Waals surface area (Å²) >= 11 is 0. The van der Waals surface area contributed by atoms with Gasteiger partial charge in [0.05, 0.1) is 11.8 Å². The highest BCUT2D eigenvalue weighted by atomic mass is 19.4. The highest BCUT2D eigenvalue weighted by molar-refractivity contribution is 5.73. The molecule has 200 valence electrons. The van der Waals surface area contributed by atoms with Crippen LogP contribution in [0.4, 0.5) is 26.3 Å². The number of nitrogens with one attached hydrogen (secondary N) is 1. The summed E-state index contributed by atoms with van der Waals surface area (Å²) in [6.45, 7) is 2.72. The number of aromatic amines is 1. The number of aromatic nitrogens is 2. The van der Waals surface area contributed by atoms with Crippen LogP contribution < -0.4 is 11.3 Å². The Labute approximate surface area is 199 Å². The molecule has 0 radical (unpaired) electrons. The van der Waals surface area contributed by atoms with Crippen LogP contribution >= 0.6 is 0 Å². The van der Waals surface area contributed by atoms with Crippen LogP contribution in [0.1, 0.15) is 17.7 Å². The fourth-order valence-electron chi connectivity index (χ4n) is 2.73. The number of likely N-dealkylation sites (tertiary alicyclic amines) is 1. The predicted octanol–water partition coefficient (Wildman–Crippen LogP) is 1.73. The smallest absolute Gasteiger partial charge is 0.475 e. The van der Waals surface area contributed by atoms with Crippen molar-refractivity contribution in [1.29, 1.82) is 0 Å². The van der Waals surface area contributed by atoms with Gasteiger partial charge in [0.1, 0.15) is 5.82 Å². The first kappa shape index (κ1) is 30.5. The van der Waals surface area contributed by atoms with E-state index in [0.717, 1.165) is 31.6 Å². The fourth-order valence-corrected chi connectivity index (χ4v) is 2.73. The van der Waals surface area contributed by atoms with E-state index >= 15 is 0 Å². The topological polar surface area (TPSA) is 170 Å². The highest BCUT2D eigenvalue weighted by Crippen LogP contribution is 2.18. The lowest BCUT2D eigenvalue weighted by Crippen LogP contribution is -2.21. The van der Waals surface area contributed by atoms with Gasteiger partial charge in [0.2, 0.25) is 0 Å². The van der Waals surface area contributed by atoms with Crippen molar-refractivity contribution in [3.05, 3.63) is 51.9 Å². The van der Waals surface area contributed by atoms with Gasteiger partial charge in [-0.05, 0) is 12.0 Å². The lowest BCUT2D eigenvalue weighted by atomic mass is 10.1. The Morgan fingerprint density at radius 2 is 1.56 bits per heavy atom. The number of nitrogens with zero attached hydrogens (tertiary/aromatic N) is 2. The van der Waals surface area contributed by atoms with Crippen LogP contribution in [0.5, 0.6) is 0 Å². The molecule has 1 aliphatic heterocycles. The molecule has 0 saturated carbocycles. The van der Waals surface area contributed by atoms with Crippen molar-refractivity contribution < 1.29 is 51.3 Å². The zero-order valence-electron chi connectivity index (χ0n) is 18.3. The summed E-state index contributed by atoms with van der Waals surface area (Å²) in [5.41, 5.74) is 7.97. The first-order valence-corrected chi connectivity index (χ1v) is 9.93. The van der Waals surface area contributed by atoms with E-state index in [1.165, 1.54) is 11.6 Å². The van der Waals surface area contributed by atoms with Crippen LogP contribution in [0.2, 0.25) is 0 Å². The molecule has 10 nitrogen and oxygen atoms in total. The third-order valence-corrected chi connectivity index (χ3v) is 4.37. The minimum absolute atomic E-state index is 0.194. The lowest BCUT2D eigenvalue weighted by molar-refractivity contribution is -0.193. The van der Waals surface area contributed by atoms with Crippen molar-refractivity contribution in [2.24, 2.45) is 5.73 Å². The van der Waals surface area contributed by atoms with Gasteiger partial charge in [-0.15, -0.1) is 0 Å². The largest absolute Gasteiger partial charge is 0.490 e. The van der Waals surface area contributed by atoms with Gasteiger partial charge in [-0.1, -0.05) is 24.3 Å². The monoisotopic (exact) mass is 528 g/mol. The molecule has 1 aliphatic rings. The van der Waals surface area contributed by atoms with Gasteiger partial charge in [0.25, 0.3) is 5.56 Å². The number of aliphatic hydroxyl groups excluding tert-OH is 1. The zero-order valence-corrected chi connectivity index (χ0v) is 18.3. The first-order valence-electron chi connectivity index (χ1n) is 9.93. The number of aliphatic carboxylic acids is 2. The summed E-state index contributed by atoms with van der Waals surface area (Å²) in [5, 5.41) is 23.8. The molecule has 1 fully saturated rings.